The number of hydrogen-bond acceptors (Lipinski definition) is 13. The standard InChI is InChI=1S/C27H32O14/c1-36-15-9-7-13(8-10-15)11-37-27-21(32)22(40-25(35)14-5-3-2-4-6-14)17(28)16(39-27)12-38-26-20(31)18(29)19(30)23(41-26)24(33)34/h2-10,16-23,26-32H,11-12H2,1H3,(H,33,34). The Bertz CT molecular complexity index is 1140. The van der Waals surface area contributed by atoms with Gasteiger partial charge >= 0.3 is 11.9 Å². The summed E-state index contributed by atoms with van der Waals surface area (Å²) in [5.41, 5.74) is 0.845. The van der Waals surface area contributed by atoms with E-state index >= 15 is 0 Å². The van der Waals surface area contributed by atoms with Crippen LogP contribution in [0.1, 0.15) is 15.9 Å². The van der Waals surface area contributed by atoms with Crippen LogP contribution in [0, 0.1) is 0 Å². The lowest BCUT2D eigenvalue weighted by atomic mass is 9.98. The number of aliphatic carboxylic acids is 1. The molecule has 41 heavy (non-hydrogen) atoms. The summed E-state index contributed by atoms with van der Waals surface area (Å²) in [4.78, 5) is 24.1. The van der Waals surface area contributed by atoms with E-state index in [0.717, 1.165) is 0 Å². The molecule has 10 atom stereocenters. The lowest BCUT2D eigenvalue weighted by molar-refractivity contribution is -0.328. The van der Waals surface area contributed by atoms with Gasteiger partial charge in [-0.1, -0.05) is 30.3 Å². The number of carbonyl (C=O) groups excluding carboxylic acids is 1. The second-order valence-electron chi connectivity index (χ2n) is 9.49. The average Bonchev–Trinajstić information content (AvgIpc) is 2.98. The predicted octanol–water partition coefficient (Wildman–Crippen LogP) is -1.21. The lowest BCUT2D eigenvalue weighted by Gasteiger charge is -2.43. The van der Waals surface area contributed by atoms with Gasteiger partial charge in [0.2, 0.25) is 0 Å². The Morgan fingerprint density at radius 2 is 1.44 bits per heavy atom. The van der Waals surface area contributed by atoms with Crippen molar-refractivity contribution in [3.8, 4) is 5.75 Å². The highest BCUT2D eigenvalue weighted by atomic mass is 16.7. The zero-order chi connectivity index (χ0) is 29.7. The van der Waals surface area contributed by atoms with Crippen LogP contribution in [0.5, 0.6) is 5.75 Å². The average molecular weight is 581 g/mol. The Morgan fingerprint density at radius 1 is 0.780 bits per heavy atom. The first-order valence-electron chi connectivity index (χ1n) is 12.7. The summed E-state index contributed by atoms with van der Waals surface area (Å²) in [6.45, 7) is -0.643. The Morgan fingerprint density at radius 3 is 2.07 bits per heavy atom. The second kappa shape index (κ2) is 13.7. The molecular formula is C27H32O14. The van der Waals surface area contributed by atoms with Crippen molar-refractivity contribution in [1.82, 2.24) is 0 Å². The van der Waals surface area contributed by atoms with E-state index in [-0.39, 0.29) is 12.2 Å². The predicted molar refractivity (Wildman–Crippen MR) is 134 cm³/mol. The van der Waals surface area contributed by atoms with Crippen molar-refractivity contribution in [3.05, 3.63) is 65.7 Å². The molecule has 6 N–H and O–H groups in total. The summed E-state index contributed by atoms with van der Waals surface area (Å²) in [6.07, 6.45) is -17.0. The molecule has 14 heteroatoms. The van der Waals surface area contributed by atoms with Crippen molar-refractivity contribution in [2.45, 2.75) is 68.0 Å². The van der Waals surface area contributed by atoms with E-state index in [4.69, 9.17) is 28.4 Å². The van der Waals surface area contributed by atoms with Crippen LogP contribution in [0.2, 0.25) is 0 Å². The number of hydrogen-bond donors (Lipinski definition) is 6. The van der Waals surface area contributed by atoms with Crippen LogP contribution < -0.4 is 4.74 Å². The van der Waals surface area contributed by atoms with E-state index in [9.17, 15) is 40.2 Å². The van der Waals surface area contributed by atoms with Gasteiger partial charge in [0.05, 0.1) is 25.9 Å². The topological polar surface area (TPSA) is 211 Å². The van der Waals surface area contributed by atoms with E-state index < -0.39 is 80.0 Å². The highest BCUT2D eigenvalue weighted by Crippen LogP contribution is 2.28. The molecule has 2 fully saturated rings. The number of benzene rings is 2. The van der Waals surface area contributed by atoms with E-state index in [2.05, 4.69) is 0 Å². The largest absolute Gasteiger partial charge is 0.497 e. The van der Waals surface area contributed by atoms with Crippen LogP contribution in [-0.2, 0) is 35.1 Å². The molecule has 0 aliphatic carbocycles. The number of carbonyl (C=O) groups is 2. The third-order valence-corrected chi connectivity index (χ3v) is 6.71. The highest BCUT2D eigenvalue weighted by molar-refractivity contribution is 5.89. The van der Waals surface area contributed by atoms with E-state index in [0.29, 0.717) is 11.3 Å². The van der Waals surface area contributed by atoms with Gasteiger partial charge in [0.1, 0.15) is 42.4 Å². The van der Waals surface area contributed by atoms with Gasteiger partial charge in [-0.2, -0.15) is 0 Å². The van der Waals surface area contributed by atoms with Gasteiger partial charge in [-0.25, -0.2) is 9.59 Å². The molecule has 0 radical (unpaired) electrons. The van der Waals surface area contributed by atoms with Gasteiger partial charge in [-0.15, -0.1) is 0 Å². The molecule has 2 saturated heterocycles. The van der Waals surface area contributed by atoms with E-state index in [1.165, 1.54) is 19.2 Å². The summed E-state index contributed by atoms with van der Waals surface area (Å²) >= 11 is 0. The molecule has 2 aliphatic rings. The van der Waals surface area contributed by atoms with Crippen LogP contribution in [0.3, 0.4) is 0 Å². The first kappa shape index (κ1) is 30.8. The van der Waals surface area contributed by atoms with Gasteiger partial charge in [0.25, 0.3) is 0 Å². The molecule has 2 heterocycles. The first-order valence-corrected chi connectivity index (χ1v) is 12.7. The van der Waals surface area contributed by atoms with Gasteiger partial charge in [0.15, 0.2) is 24.8 Å². The van der Waals surface area contributed by atoms with Crippen LogP contribution >= 0.6 is 0 Å². The fraction of sp³-hybridized carbons (Fsp3) is 0.481. The summed E-state index contributed by atoms with van der Waals surface area (Å²) < 4.78 is 32.5. The van der Waals surface area contributed by atoms with Crippen molar-refractivity contribution in [2.75, 3.05) is 13.7 Å². The molecule has 0 spiro atoms. The SMILES string of the molecule is COc1ccc(COC2OC(COC3OC(C(=O)O)C(O)C(O)C3O)C(O)C(OC(=O)c3ccccc3)C2O)cc1. The molecule has 0 amide bonds. The zero-order valence-corrected chi connectivity index (χ0v) is 21.8. The quantitative estimate of drug-likeness (QED) is 0.182. The summed E-state index contributed by atoms with van der Waals surface area (Å²) in [7, 11) is 1.52. The maximum absolute atomic E-state index is 12.7. The number of rotatable bonds is 10. The zero-order valence-electron chi connectivity index (χ0n) is 21.8. The number of ether oxygens (including phenoxy) is 6. The Hall–Kier alpha value is -3.18. The molecule has 2 aromatic rings. The molecule has 0 aromatic heterocycles. The molecule has 0 saturated carbocycles. The minimum absolute atomic E-state index is 0.0520. The second-order valence-corrected chi connectivity index (χ2v) is 9.49. The molecule has 10 unspecified atom stereocenters. The monoisotopic (exact) mass is 580 g/mol. The van der Waals surface area contributed by atoms with Gasteiger partial charge < -0.3 is 59.1 Å². The molecule has 0 bridgehead atoms. The minimum Gasteiger partial charge on any atom is -0.497 e. The molecule has 14 nitrogen and oxygen atoms in total. The highest BCUT2D eigenvalue weighted by Gasteiger charge is 2.50. The number of carboxylic acids is 1. The fourth-order valence-corrected chi connectivity index (χ4v) is 4.36. The fourth-order valence-electron chi connectivity index (χ4n) is 4.36. The van der Waals surface area contributed by atoms with Crippen LogP contribution in [0.25, 0.3) is 0 Å². The Labute approximate surface area is 234 Å². The van der Waals surface area contributed by atoms with Crippen molar-refractivity contribution in [1.29, 1.82) is 0 Å². The van der Waals surface area contributed by atoms with E-state index in [1.54, 1.807) is 42.5 Å². The van der Waals surface area contributed by atoms with Crippen molar-refractivity contribution < 1.29 is 68.6 Å². The number of aliphatic hydroxyl groups is 5. The van der Waals surface area contributed by atoms with Crippen LogP contribution in [0.4, 0.5) is 0 Å². The maximum Gasteiger partial charge on any atom is 0.338 e. The Kier molecular flexibility index (Phi) is 10.2. The summed E-state index contributed by atoms with van der Waals surface area (Å²) in [6, 6.07) is 14.7. The van der Waals surface area contributed by atoms with Gasteiger partial charge in [0, 0.05) is 0 Å². The molecular weight excluding hydrogens is 548 g/mol. The summed E-state index contributed by atoms with van der Waals surface area (Å²) in [5, 5.41) is 61.4. The first-order chi connectivity index (χ1) is 19.6. The van der Waals surface area contributed by atoms with Gasteiger partial charge in [-0.3, -0.25) is 0 Å². The molecule has 224 valence electrons. The number of methoxy groups -OCH3 is 1. The van der Waals surface area contributed by atoms with Crippen molar-refractivity contribution in [3.63, 3.8) is 0 Å². The van der Waals surface area contributed by atoms with Gasteiger partial charge in [-0.05, 0) is 29.8 Å². The van der Waals surface area contributed by atoms with Crippen LogP contribution in [-0.4, -0.2) is 118 Å². The number of esters is 1. The summed E-state index contributed by atoms with van der Waals surface area (Å²) in [5.74, 6) is -1.82. The normalized spacial score (nSPS) is 33.6. The van der Waals surface area contributed by atoms with Crippen molar-refractivity contribution in [2.24, 2.45) is 0 Å². The number of aliphatic hydroxyl groups excluding tert-OH is 5. The van der Waals surface area contributed by atoms with Crippen LogP contribution in [0.15, 0.2) is 54.6 Å². The van der Waals surface area contributed by atoms with Crippen molar-refractivity contribution >= 4 is 11.9 Å². The third-order valence-electron chi connectivity index (χ3n) is 6.71. The molecule has 4 rings (SSSR count). The molecule has 2 aliphatic heterocycles. The minimum atomic E-state index is -1.92. The number of carboxylic acid groups (broad SMARTS) is 1. The smallest absolute Gasteiger partial charge is 0.338 e. The lowest BCUT2D eigenvalue weighted by Crippen LogP contribution is -2.62. The van der Waals surface area contributed by atoms with E-state index in [1.807, 2.05) is 0 Å². The third kappa shape index (κ3) is 7.19. The maximum atomic E-state index is 12.7. The Balaban J connectivity index is 1.49. The molecule has 2 aromatic carbocycles.